The molecule has 0 aliphatic heterocycles. The maximum absolute atomic E-state index is 13.3. The Morgan fingerprint density at radius 1 is 0.800 bits per heavy atom. The molecule has 8 heteroatoms. The summed E-state index contributed by atoms with van der Waals surface area (Å²) >= 11 is 6.27. The molecular weight excluding hydrogens is 496 g/mol. The molecule has 0 unspecified atom stereocenters. The Hall–Kier alpha value is -3.48. The SMILES string of the molecule is Cl.FC(F)(F)c1ccccc1COc1cc(-c2nc3ccc(-c4ccccc4)cc3[nH]2)ccc1Cl. The van der Waals surface area contributed by atoms with Crippen LogP contribution >= 0.6 is 24.0 Å². The Bertz CT molecular complexity index is 1470. The van der Waals surface area contributed by atoms with E-state index in [4.69, 9.17) is 16.3 Å². The molecule has 0 saturated heterocycles. The number of H-pyrrole nitrogens is 1. The zero-order valence-electron chi connectivity index (χ0n) is 18.1. The zero-order chi connectivity index (χ0) is 23.7. The molecule has 5 aromatic rings. The highest BCUT2D eigenvalue weighted by molar-refractivity contribution is 6.32. The minimum Gasteiger partial charge on any atom is -0.487 e. The van der Waals surface area contributed by atoms with E-state index in [2.05, 4.69) is 9.97 Å². The van der Waals surface area contributed by atoms with Gasteiger partial charge in [0.2, 0.25) is 0 Å². The lowest BCUT2D eigenvalue weighted by molar-refractivity contribution is -0.138. The summed E-state index contributed by atoms with van der Waals surface area (Å²) in [6.07, 6.45) is -4.46. The van der Waals surface area contributed by atoms with Crippen LogP contribution in [0.25, 0.3) is 33.5 Å². The zero-order valence-corrected chi connectivity index (χ0v) is 19.7. The Labute approximate surface area is 211 Å². The molecule has 5 rings (SSSR count). The third-order valence-electron chi connectivity index (χ3n) is 5.50. The molecule has 0 spiro atoms. The van der Waals surface area contributed by atoms with E-state index in [0.717, 1.165) is 28.2 Å². The molecule has 0 saturated carbocycles. The van der Waals surface area contributed by atoms with Gasteiger partial charge in [-0.05, 0) is 47.5 Å². The van der Waals surface area contributed by atoms with Crippen molar-refractivity contribution in [1.29, 1.82) is 0 Å². The highest BCUT2D eigenvalue weighted by Crippen LogP contribution is 2.35. The lowest BCUT2D eigenvalue weighted by atomic mass is 10.1. The quantitative estimate of drug-likeness (QED) is 0.255. The van der Waals surface area contributed by atoms with Crippen molar-refractivity contribution in [2.75, 3.05) is 0 Å². The number of imidazole rings is 1. The van der Waals surface area contributed by atoms with Crippen LogP contribution in [0.4, 0.5) is 13.2 Å². The maximum Gasteiger partial charge on any atom is 0.416 e. The number of nitrogens with one attached hydrogen (secondary N) is 1. The molecule has 0 aliphatic rings. The topological polar surface area (TPSA) is 37.9 Å². The van der Waals surface area contributed by atoms with Gasteiger partial charge < -0.3 is 9.72 Å². The summed E-state index contributed by atoms with van der Waals surface area (Å²) in [5.74, 6) is 0.888. The van der Waals surface area contributed by atoms with Gasteiger partial charge in [0.15, 0.2) is 0 Å². The molecule has 4 aromatic carbocycles. The number of rotatable bonds is 5. The van der Waals surface area contributed by atoms with Crippen LogP contribution in [0.1, 0.15) is 11.1 Å². The third kappa shape index (κ3) is 5.29. The van der Waals surface area contributed by atoms with Crippen molar-refractivity contribution in [2.24, 2.45) is 0 Å². The van der Waals surface area contributed by atoms with Gasteiger partial charge in [0.25, 0.3) is 0 Å². The number of aromatic nitrogens is 2. The first-order valence-electron chi connectivity index (χ1n) is 10.5. The van der Waals surface area contributed by atoms with Crippen molar-refractivity contribution < 1.29 is 17.9 Å². The van der Waals surface area contributed by atoms with E-state index in [-0.39, 0.29) is 30.3 Å². The van der Waals surface area contributed by atoms with E-state index >= 15 is 0 Å². The standard InChI is InChI=1S/C27H18ClF3N2O.ClH/c28-22-12-10-19(15-25(22)34-16-20-8-4-5-9-21(20)27(29,30)31)26-32-23-13-11-18(14-24(23)33-26)17-6-2-1-3-7-17;/h1-15H,16H2,(H,32,33);1H. The summed E-state index contributed by atoms with van der Waals surface area (Å²) in [6.45, 7) is -0.264. The fourth-order valence-corrected chi connectivity index (χ4v) is 3.97. The number of ether oxygens (including phenoxy) is 1. The van der Waals surface area contributed by atoms with Gasteiger partial charge in [-0.25, -0.2) is 4.98 Å². The first kappa shape index (κ1) is 24.6. The molecule has 3 nitrogen and oxygen atoms in total. The van der Waals surface area contributed by atoms with Gasteiger partial charge in [0.1, 0.15) is 18.2 Å². The van der Waals surface area contributed by atoms with Crippen molar-refractivity contribution in [3.8, 4) is 28.3 Å². The summed E-state index contributed by atoms with van der Waals surface area (Å²) < 4.78 is 45.5. The van der Waals surface area contributed by atoms with E-state index in [1.54, 1.807) is 24.3 Å². The number of hydrogen-bond acceptors (Lipinski definition) is 2. The summed E-state index contributed by atoms with van der Waals surface area (Å²) in [4.78, 5) is 7.96. The molecule has 0 radical (unpaired) electrons. The van der Waals surface area contributed by atoms with Gasteiger partial charge in [0, 0.05) is 11.1 Å². The number of alkyl halides is 3. The van der Waals surface area contributed by atoms with E-state index in [9.17, 15) is 13.2 Å². The van der Waals surface area contributed by atoms with Gasteiger partial charge >= 0.3 is 6.18 Å². The van der Waals surface area contributed by atoms with E-state index in [1.807, 2.05) is 48.5 Å². The number of benzene rings is 4. The van der Waals surface area contributed by atoms with Crippen LogP contribution in [-0.4, -0.2) is 9.97 Å². The van der Waals surface area contributed by atoms with Crippen LogP contribution in [0, 0.1) is 0 Å². The summed E-state index contributed by atoms with van der Waals surface area (Å²) in [6, 6.07) is 26.4. The van der Waals surface area contributed by atoms with Gasteiger partial charge in [-0.3, -0.25) is 0 Å². The predicted octanol–water partition coefficient (Wildman–Crippen LogP) is 8.57. The molecule has 178 valence electrons. The number of aromatic amines is 1. The van der Waals surface area contributed by atoms with Gasteiger partial charge in [-0.1, -0.05) is 66.2 Å². The van der Waals surface area contributed by atoms with Crippen LogP contribution < -0.4 is 4.74 Å². The predicted molar refractivity (Wildman–Crippen MR) is 135 cm³/mol. The second kappa shape index (κ2) is 10.0. The molecule has 1 N–H and O–H groups in total. The average Bonchev–Trinajstić information content (AvgIpc) is 3.27. The van der Waals surface area contributed by atoms with Crippen molar-refractivity contribution in [1.82, 2.24) is 9.97 Å². The number of hydrogen-bond donors (Lipinski definition) is 1. The van der Waals surface area contributed by atoms with Crippen LogP contribution in [-0.2, 0) is 12.8 Å². The average molecular weight is 515 g/mol. The summed E-state index contributed by atoms with van der Waals surface area (Å²) in [7, 11) is 0. The summed E-state index contributed by atoms with van der Waals surface area (Å²) in [5.41, 5.74) is 3.84. The molecule has 0 amide bonds. The van der Waals surface area contributed by atoms with Crippen molar-refractivity contribution in [3.63, 3.8) is 0 Å². The van der Waals surface area contributed by atoms with Gasteiger partial charge in [0.05, 0.1) is 21.6 Å². The number of fused-ring (bicyclic) bond motifs is 1. The molecule has 0 bridgehead atoms. The first-order valence-corrected chi connectivity index (χ1v) is 10.9. The largest absolute Gasteiger partial charge is 0.487 e. The van der Waals surface area contributed by atoms with Gasteiger partial charge in [-0.2, -0.15) is 13.2 Å². The molecule has 0 fully saturated rings. The van der Waals surface area contributed by atoms with Crippen molar-refractivity contribution >= 4 is 35.0 Å². The lowest BCUT2D eigenvalue weighted by Gasteiger charge is -2.14. The highest BCUT2D eigenvalue weighted by Gasteiger charge is 2.33. The van der Waals surface area contributed by atoms with E-state index in [0.29, 0.717) is 16.4 Å². The minimum absolute atomic E-state index is 0. The van der Waals surface area contributed by atoms with E-state index in [1.165, 1.54) is 12.1 Å². The summed E-state index contributed by atoms with van der Waals surface area (Å²) in [5, 5.41) is 0.302. The smallest absolute Gasteiger partial charge is 0.416 e. The molecule has 35 heavy (non-hydrogen) atoms. The number of halogens is 5. The molecule has 0 atom stereocenters. The molecule has 1 aromatic heterocycles. The Morgan fingerprint density at radius 3 is 2.29 bits per heavy atom. The fourth-order valence-electron chi connectivity index (χ4n) is 3.80. The Balaban J connectivity index is 0.00000289. The van der Waals surface area contributed by atoms with Crippen LogP contribution in [0.5, 0.6) is 5.75 Å². The maximum atomic E-state index is 13.3. The third-order valence-corrected chi connectivity index (χ3v) is 5.81. The van der Waals surface area contributed by atoms with Gasteiger partial charge in [-0.15, -0.1) is 12.4 Å². The van der Waals surface area contributed by atoms with Crippen LogP contribution in [0.2, 0.25) is 5.02 Å². The van der Waals surface area contributed by atoms with Crippen LogP contribution in [0.3, 0.4) is 0 Å². The fraction of sp³-hybridized carbons (Fsp3) is 0.0741. The van der Waals surface area contributed by atoms with Crippen molar-refractivity contribution in [3.05, 3.63) is 107 Å². The Morgan fingerprint density at radius 2 is 1.51 bits per heavy atom. The molecular formula is C27H19Cl2F3N2O. The van der Waals surface area contributed by atoms with E-state index < -0.39 is 11.7 Å². The monoisotopic (exact) mass is 514 g/mol. The second-order valence-electron chi connectivity index (χ2n) is 7.77. The second-order valence-corrected chi connectivity index (χ2v) is 8.18. The van der Waals surface area contributed by atoms with Crippen LogP contribution in [0.15, 0.2) is 91.0 Å². The highest BCUT2D eigenvalue weighted by atomic mass is 35.5. The Kier molecular flexibility index (Phi) is 7.05. The number of nitrogens with zero attached hydrogens (tertiary/aromatic N) is 1. The normalized spacial score (nSPS) is 11.3. The first-order chi connectivity index (χ1) is 16.4. The molecule has 1 heterocycles. The lowest BCUT2D eigenvalue weighted by Crippen LogP contribution is -2.10. The minimum atomic E-state index is -4.46. The molecule has 0 aliphatic carbocycles. The van der Waals surface area contributed by atoms with Crippen molar-refractivity contribution in [2.45, 2.75) is 12.8 Å².